The van der Waals surface area contributed by atoms with Crippen LogP contribution in [-0.4, -0.2) is 29.6 Å². The summed E-state index contributed by atoms with van der Waals surface area (Å²) in [6.45, 7) is 1.39. The summed E-state index contributed by atoms with van der Waals surface area (Å²) in [6.07, 6.45) is 0. The number of carbonyl (C=O) groups excluding carboxylic acids is 1. The van der Waals surface area contributed by atoms with Crippen molar-refractivity contribution in [2.75, 3.05) is 6.54 Å². The number of carboxylic acids is 1. The van der Waals surface area contributed by atoms with Crippen LogP contribution in [0.15, 0.2) is 24.3 Å². The molecular weight excluding hydrogens is 239 g/mol. The standard InChI is InChI=1S/C12H15FN2O3/c1-8(12(17)18)14-7-11(16)15-6-9-4-2-3-5-10(9)13/h2-5,8,14H,6-7H2,1H3,(H,15,16)(H,17,18)/t8-/m0/s1. The van der Waals surface area contributed by atoms with Gasteiger partial charge in [0, 0.05) is 12.1 Å². The summed E-state index contributed by atoms with van der Waals surface area (Å²) in [4.78, 5) is 21.9. The smallest absolute Gasteiger partial charge is 0.320 e. The van der Waals surface area contributed by atoms with Crippen molar-refractivity contribution < 1.29 is 19.1 Å². The van der Waals surface area contributed by atoms with E-state index in [1.54, 1.807) is 18.2 Å². The molecule has 0 unspecified atom stereocenters. The molecule has 0 saturated carbocycles. The second-order valence-electron chi connectivity index (χ2n) is 3.81. The second kappa shape index (κ2) is 6.70. The molecule has 3 N–H and O–H groups in total. The third-order valence-corrected chi connectivity index (χ3v) is 2.37. The van der Waals surface area contributed by atoms with E-state index in [1.165, 1.54) is 13.0 Å². The van der Waals surface area contributed by atoms with Crippen LogP contribution in [0.5, 0.6) is 0 Å². The molecule has 1 aromatic carbocycles. The van der Waals surface area contributed by atoms with Crippen molar-refractivity contribution in [1.82, 2.24) is 10.6 Å². The van der Waals surface area contributed by atoms with Crippen molar-refractivity contribution in [1.29, 1.82) is 0 Å². The van der Waals surface area contributed by atoms with Crippen LogP contribution in [0.1, 0.15) is 12.5 Å². The van der Waals surface area contributed by atoms with Gasteiger partial charge in [0.1, 0.15) is 11.9 Å². The molecule has 0 heterocycles. The van der Waals surface area contributed by atoms with E-state index in [2.05, 4.69) is 10.6 Å². The lowest BCUT2D eigenvalue weighted by molar-refractivity contribution is -0.139. The van der Waals surface area contributed by atoms with Gasteiger partial charge in [-0.1, -0.05) is 18.2 Å². The van der Waals surface area contributed by atoms with E-state index in [4.69, 9.17) is 5.11 Å². The minimum absolute atomic E-state index is 0.0780. The lowest BCUT2D eigenvalue weighted by atomic mass is 10.2. The molecule has 0 aromatic heterocycles. The van der Waals surface area contributed by atoms with Gasteiger partial charge in [-0.25, -0.2) is 4.39 Å². The number of carboxylic acid groups (broad SMARTS) is 1. The van der Waals surface area contributed by atoms with Crippen molar-refractivity contribution in [2.24, 2.45) is 0 Å². The van der Waals surface area contributed by atoms with Crippen LogP contribution in [0.2, 0.25) is 0 Å². The number of aliphatic carboxylic acids is 1. The van der Waals surface area contributed by atoms with E-state index in [9.17, 15) is 14.0 Å². The van der Waals surface area contributed by atoms with Crippen molar-refractivity contribution in [2.45, 2.75) is 19.5 Å². The van der Waals surface area contributed by atoms with E-state index in [-0.39, 0.29) is 24.8 Å². The summed E-state index contributed by atoms with van der Waals surface area (Å²) in [5.74, 6) is -1.80. The van der Waals surface area contributed by atoms with Gasteiger partial charge in [-0.3, -0.25) is 14.9 Å². The SMILES string of the molecule is C[C@H](NCC(=O)NCc1ccccc1F)C(=O)O. The van der Waals surface area contributed by atoms with Gasteiger partial charge in [0.05, 0.1) is 6.54 Å². The Morgan fingerprint density at radius 3 is 2.67 bits per heavy atom. The van der Waals surface area contributed by atoms with Gasteiger partial charge in [0.15, 0.2) is 0 Å². The number of benzene rings is 1. The van der Waals surface area contributed by atoms with Crippen LogP contribution in [0.25, 0.3) is 0 Å². The van der Waals surface area contributed by atoms with Crippen molar-refractivity contribution in [3.63, 3.8) is 0 Å². The van der Waals surface area contributed by atoms with Crippen LogP contribution >= 0.6 is 0 Å². The summed E-state index contributed by atoms with van der Waals surface area (Å²) < 4.78 is 13.2. The average Bonchev–Trinajstić information content (AvgIpc) is 2.34. The Morgan fingerprint density at radius 2 is 2.06 bits per heavy atom. The molecule has 1 amide bonds. The first-order valence-electron chi connectivity index (χ1n) is 5.47. The maximum absolute atomic E-state index is 13.2. The van der Waals surface area contributed by atoms with Gasteiger partial charge in [0.2, 0.25) is 5.91 Å². The molecule has 18 heavy (non-hydrogen) atoms. The molecule has 6 heteroatoms. The highest BCUT2D eigenvalue weighted by molar-refractivity contribution is 5.79. The molecule has 0 aliphatic heterocycles. The van der Waals surface area contributed by atoms with E-state index >= 15 is 0 Å². The average molecular weight is 254 g/mol. The predicted octanol–water partition coefficient (Wildman–Crippen LogP) is 0.505. The summed E-state index contributed by atoms with van der Waals surface area (Å²) in [6, 6.07) is 5.32. The molecule has 0 fully saturated rings. The maximum Gasteiger partial charge on any atom is 0.320 e. The Hall–Kier alpha value is -1.95. The molecule has 0 aliphatic rings. The first-order chi connectivity index (χ1) is 8.50. The molecule has 1 rings (SSSR count). The van der Waals surface area contributed by atoms with Gasteiger partial charge < -0.3 is 10.4 Å². The molecule has 0 radical (unpaired) electrons. The Bertz CT molecular complexity index is 437. The summed E-state index contributed by atoms with van der Waals surface area (Å²) in [7, 11) is 0. The molecule has 1 aromatic rings. The summed E-state index contributed by atoms with van der Waals surface area (Å²) in [5, 5.41) is 13.6. The fourth-order valence-corrected chi connectivity index (χ4v) is 1.23. The predicted molar refractivity (Wildman–Crippen MR) is 63.3 cm³/mol. The number of amides is 1. The van der Waals surface area contributed by atoms with E-state index in [0.717, 1.165) is 0 Å². The maximum atomic E-state index is 13.2. The molecule has 0 bridgehead atoms. The number of carbonyl (C=O) groups is 2. The molecule has 0 saturated heterocycles. The lowest BCUT2D eigenvalue weighted by Gasteiger charge is -2.09. The van der Waals surface area contributed by atoms with Gasteiger partial charge >= 0.3 is 5.97 Å². The zero-order valence-electron chi connectivity index (χ0n) is 9.94. The molecule has 1 atom stereocenters. The third-order valence-electron chi connectivity index (χ3n) is 2.37. The van der Waals surface area contributed by atoms with Crippen molar-refractivity contribution in [3.8, 4) is 0 Å². The van der Waals surface area contributed by atoms with Crippen LogP contribution in [0.3, 0.4) is 0 Å². The lowest BCUT2D eigenvalue weighted by Crippen LogP contribution is -2.41. The number of halogens is 1. The van der Waals surface area contributed by atoms with E-state index in [0.29, 0.717) is 5.56 Å². The summed E-state index contributed by atoms with van der Waals surface area (Å²) >= 11 is 0. The number of rotatable bonds is 6. The minimum Gasteiger partial charge on any atom is -0.480 e. The Balaban J connectivity index is 2.34. The van der Waals surface area contributed by atoms with Crippen LogP contribution in [-0.2, 0) is 16.1 Å². The topological polar surface area (TPSA) is 78.4 Å². The van der Waals surface area contributed by atoms with E-state index < -0.39 is 12.0 Å². The number of hydrogen-bond acceptors (Lipinski definition) is 3. The van der Waals surface area contributed by atoms with E-state index in [1.807, 2.05) is 0 Å². The number of nitrogens with one attached hydrogen (secondary N) is 2. The minimum atomic E-state index is -1.03. The molecular formula is C12H15FN2O3. The van der Waals surface area contributed by atoms with Gasteiger partial charge in [0.25, 0.3) is 0 Å². The number of hydrogen-bond donors (Lipinski definition) is 3. The zero-order valence-corrected chi connectivity index (χ0v) is 9.94. The molecule has 0 aliphatic carbocycles. The fourth-order valence-electron chi connectivity index (χ4n) is 1.23. The monoisotopic (exact) mass is 254 g/mol. The quantitative estimate of drug-likeness (QED) is 0.691. The third kappa shape index (κ3) is 4.50. The molecule has 98 valence electrons. The molecule has 5 nitrogen and oxygen atoms in total. The highest BCUT2D eigenvalue weighted by Gasteiger charge is 2.11. The zero-order chi connectivity index (χ0) is 13.5. The highest BCUT2D eigenvalue weighted by atomic mass is 19.1. The van der Waals surface area contributed by atoms with Gasteiger partial charge in [-0.15, -0.1) is 0 Å². The normalized spacial score (nSPS) is 11.9. The van der Waals surface area contributed by atoms with Crippen molar-refractivity contribution >= 4 is 11.9 Å². The Morgan fingerprint density at radius 1 is 1.39 bits per heavy atom. The first-order valence-corrected chi connectivity index (χ1v) is 5.47. The molecule has 0 spiro atoms. The van der Waals surface area contributed by atoms with Crippen LogP contribution in [0, 0.1) is 5.82 Å². The highest BCUT2D eigenvalue weighted by Crippen LogP contribution is 2.05. The largest absolute Gasteiger partial charge is 0.480 e. The van der Waals surface area contributed by atoms with Gasteiger partial charge in [-0.05, 0) is 13.0 Å². The summed E-state index contributed by atoms with van der Waals surface area (Å²) in [5.41, 5.74) is 0.386. The second-order valence-corrected chi connectivity index (χ2v) is 3.81. The fraction of sp³-hybridized carbons (Fsp3) is 0.333. The van der Waals surface area contributed by atoms with Crippen molar-refractivity contribution in [3.05, 3.63) is 35.6 Å². The Kier molecular flexibility index (Phi) is 5.26. The Labute approximate surface area is 104 Å². The van der Waals surface area contributed by atoms with Crippen LogP contribution < -0.4 is 10.6 Å². The first kappa shape index (κ1) is 14.1. The van der Waals surface area contributed by atoms with Gasteiger partial charge in [-0.2, -0.15) is 0 Å². The van der Waals surface area contributed by atoms with Crippen LogP contribution in [0.4, 0.5) is 4.39 Å².